The predicted molar refractivity (Wildman–Crippen MR) is 51.6 cm³/mol. The molecule has 0 spiro atoms. The summed E-state index contributed by atoms with van der Waals surface area (Å²) in [6, 6.07) is 0. The van der Waals surface area contributed by atoms with Crippen molar-refractivity contribution in [1.29, 1.82) is 0 Å². The van der Waals surface area contributed by atoms with Crippen molar-refractivity contribution in [3.8, 4) is 0 Å². The van der Waals surface area contributed by atoms with Crippen LogP contribution in [0.2, 0.25) is 0 Å². The van der Waals surface area contributed by atoms with Crippen molar-refractivity contribution < 1.29 is 8.42 Å². The van der Waals surface area contributed by atoms with Gasteiger partial charge in [0.1, 0.15) is 5.37 Å². The number of thiol groups is 1. The van der Waals surface area contributed by atoms with E-state index in [1.165, 1.54) is 0 Å². The summed E-state index contributed by atoms with van der Waals surface area (Å²) >= 11 is 0. The van der Waals surface area contributed by atoms with Gasteiger partial charge in [0.15, 0.2) is 10.7 Å². The van der Waals surface area contributed by atoms with Gasteiger partial charge in [-0.15, -0.1) is 0 Å². The van der Waals surface area contributed by atoms with Crippen LogP contribution in [0.4, 0.5) is 0 Å². The monoisotopic (exact) mass is 193 g/mol. The fourth-order valence-electron chi connectivity index (χ4n) is 1.01. The highest BCUT2D eigenvalue weighted by molar-refractivity contribution is 7.73. The zero-order chi connectivity index (χ0) is 9.56. The van der Waals surface area contributed by atoms with E-state index in [0.29, 0.717) is 12.3 Å². The molecule has 0 aliphatic rings. The van der Waals surface area contributed by atoms with Crippen LogP contribution in [0.1, 0.15) is 39.5 Å². The Morgan fingerprint density at radius 1 is 1.17 bits per heavy atom. The van der Waals surface area contributed by atoms with Crippen molar-refractivity contribution in [3.63, 3.8) is 0 Å². The second kappa shape index (κ2) is 6.43. The van der Waals surface area contributed by atoms with E-state index >= 15 is 0 Å². The first-order valence-corrected chi connectivity index (χ1v) is 5.67. The lowest BCUT2D eigenvalue weighted by molar-refractivity contribution is 0.518. The van der Waals surface area contributed by atoms with Gasteiger partial charge in [0, 0.05) is 0 Å². The summed E-state index contributed by atoms with van der Waals surface area (Å²) in [7, 11) is -2.42. The van der Waals surface area contributed by atoms with Crippen LogP contribution in [0.3, 0.4) is 0 Å². The second-order valence-electron chi connectivity index (χ2n) is 3.53. The molecule has 1 atom stereocenters. The quantitative estimate of drug-likeness (QED) is 0.490. The summed E-state index contributed by atoms with van der Waals surface area (Å²) in [6.07, 6.45) is 3.75. The molecule has 0 heterocycles. The van der Waals surface area contributed by atoms with Gasteiger partial charge in [-0.2, -0.15) is 0 Å². The van der Waals surface area contributed by atoms with E-state index in [1.807, 2.05) is 0 Å². The molecule has 74 valence electrons. The van der Waals surface area contributed by atoms with E-state index in [4.69, 9.17) is 5.73 Å². The molecular weight excluding hydrogens is 174 g/mol. The zero-order valence-electron chi connectivity index (χ0n) is 7.82. The Morgan fingerprint density at radius 3 is 2.08 bits per heavy atom. The van der Waals surface area contributed by atoms with Gasteiger partial charge in [-0.05, 0) is 12.3 Å². The summed E-state index contributed by atoms with van der Waals surface area (Å²) in [5.74, 6) is 0.697. The molecule has 2 N–H and O–H groups in total. The average Bonchev–Trinajstić information content (AvgIpc) is 1.97. The molecule has 0 fully saturated rings. The first-order valence-electron chi connectivity index (χ1n) is 4.43. The minimum Gasteiger partial charge on any atom is -0.315 e. The molecule has 12 heavy (non-hydrogen) atoms. The van der Waals surface area contributed by atoms with E-state index in [2.05, 4.69) is 13.8 Å². The van der Waals surface area contributed by atoms with Crippen molar-refractivity contribution in [2.45, 2.75) is 44.9 Å². The van der Waals surface area contributed by atoms with Gasteiger partial charge < -0.3 is 5.73 Å². The van der Waals surface area contributed by atoms with Gasteiger partial charge in [0.25, 0.3) is 0 Å². The number of hydrogen-bond acceptors (Lipinski definition) is 3. The number of hydrogen-bond donors (Lipinski definition) is 2. The van der Waals surface area contributed by atoms with Gasteiger partial charge in [-0.1, -0.05) is 33.1 Å². The number of unbranched alkanes of at least 4 members (excludes halogenated alkanes) is 1. The van der Waals surface area contributed by atoms with Crippen LogP contribution in [0.25, 0.3) is 0 Å². The van der Waals surface area contributed by atoms with Gasteiger partial charge >= 0.3 is 0 Å². The van der Waals surface area contributed by atoms with Crippen molar-refractivity contribution in [3.05, 3.63) is 0 Å². The second-order valence-corrected chi connectivity index (χ2v) is 4.77. The lowest BCUT2D eigenvalue weighted by Crippen LogP contribution is -2.21. The maximum atomic E-state index is 10.3. The zero-order valence-corrected chi connectivity index (χ0v) is 8.72. The molecule has 0 aliphatic carbocycles. The van der Waals surface area contributed by atoms with Crippen LogP contribution in [0, 0.1) is 5.92 Å². The minimum atomic E-state index is -2.42. The Bertz CT molecular complexity index is 170. The van der Waals surface area contributed by atoms with E-state index in [0.717, 1.165) is 19.3 Å². The number of nitrogens with two attached hydrogens (primary N) is 1. The fourth-order valence-corrected chi connectivity index (χ4v) is 1.40. The Morgan fingerprint density at radius 2 is 1.67 bits per heavy atom. The highest BCUT2D eigenvalue weighted by atomic mass is 32.2. The molecular formula is C8H19NO2S. The molecule has 0 aromatic rings. The van der Waals surface area contributed by atoms with Crippen LogP contribution in [0.15, 0.2) is 0 Å². The molecule has 0 saturated heterocycles. The Labute approximate surface area is 76.3 Å². The largest absolute Gasteiger partial charge is 0.315 e. The highest BCUT2D eigenvalue weighted by Crippen LogP contribution is 2.08. The fraction of sp³-hybridized carbons (Fsp3) is 1.00. The van der Waals surface area contributed by atoms with E-state index in [9.17, 15) is 8.42 Å². The van der Waals surface area contributed by atoms with Crippen LogP contribution in [0.5, 0.6) is 0 Å². The third-order valence-corrected chi connectivity index (χ3v) is 2.60. The predicted octanol–water partition coefficient (Wildman–Crippen LogP) is 1.10. The summed E-state index contributed by atoms with van der Waals surface area (Å²) in [6.45, 7) is 4.32. The normalized spacial score (nSPS) is 14.1. The van der Waals surface area contributed by atoms with E-state index in [1.54, 1.807) is 0 Å². The van der Waals surface area contributed by atoms with Gasteiger partial charge in [-0.3, -0.25) is 0 Å². The Kier molecular flexibility index (Phi) is 6.38. The smallest absolute Gasteiger partial charge is 0.155 e. The highest BCUT2D eigenvalue weighted by Gasteiger charge is 2.03. The number of rotatable bonds is 6. The third-order valence-electron chi connectivity index (χ3n) is 1.80. The van der Waals surface area contributed by atoms with Crippen molar-refractivity contribution >= 4 is 10.7 Å². The van der Waals surface area contributed by atoms with Crippen molar-refractivity contribution in [1.82, 2.24) is 0 Å². The first kappa shape index (κ1) is 11.9. The van der Waals surface area contributed by atoms with E-state index < -0.39 is 16.1 Å². The van der Waals surface area contributed by atoms with E-state index in [-0.39, 0.29) is 0 Å². The van der Waals surface area contributed by atoms with Crippen LogP contribution >= 0.6 is 0 Å². The third kappa shape index (κ3) is 6.61. The minimum absolute atomic E-state index is 0.603. The molecule has 0 aromatic heterocycles. The Balaban J connectivity index is 3.31. The topological polar surface area (TPSA) is 60.2 Å². The maximum absolute atomic E-state index is 10.3. The van der Waals surface area contributed by atoms with Gasteiger partial charge in [0.05, 0.1) is 0 Å². The Hall–Kier alpha value is -0.0900. The molecule has 0 radical (unpaired) electrons. The maximum Gasteiger partial charge on any atom is 0.155 e. The van der Waals surface area contributed by atoms with Crippen LogP contribution in [-0.2, 0) is 10.7 Å². The molecule has 4 heteroatoms. The average molecular weight is 193 g/mol. The summed E-state index contributed by atoms with van der Waals surface area (Å²) in [5, 5.41) is -0.632. The molecule has 0 amide bonds. The van der Waals surface area contributed by atoms with Crippen LogP contribution < -0.4 is 5.73 Å². The first-order chi connectivity index (χ1) is 5.54. The standard InChI is InChI=1S/C8H19NO2S/c1-7(2)5-3-4-6-8(9)12(10)11/h7-8,12H,3-6,9H2,1-2H3. The molecule has 0 rings (SSSR count). The lowest BCUT2D eigenvalue weighted by Gasteiger charge is -2.05. The van der Waals surface area contributed by atoms with Gasteiger partial charge in [0.2, 0.25) is 0 Å². The molecule has 1 unspecified atom stereocenters. The molecule has 0 saturated carbocycles. The molecule has 0 aromatic carbocycles. The summed E-state index contributed by atoms with van der Waals surface area (Å²) < 4.78 is 20.7. The van der Waals surface area contributed by atoms with Crippen molar-refractivity contribution in [2.75, 3.05) is 0 Å². The lowest BCUT2D eigenvalue weighted by atomic mass is 10.1. The molecule has 0 aliphatic heterocycles. The van der Waals surface area contributed by atoms with Crippen LogP contribution in [-0.4, -0.2) is 13.8 Å². The summed E-state index contributed by atoms with van der Waals surface area (Å²) in [5.41, 5.74) is 5.34. The SMILES string of the molecule is CC(C)CCCCC(N)[SH](=O)=O. The summed E-state index contributed by atoms with van der Waals surface area (Å²) in [4.78, 5) is 0. The van der Waals surface area contributed by atoms with Crippen molar-refractivity contribution in [2.24, 2.45) is 11.7 Å². The molecule has 0 bridgehead atoms. The van der Waals surface area contributed by atoms with Gasteiger partial charge in [-0.25, -0.2) is 8.42 Å². The molecule has 3 nitrogen and oxygen atoms in total.